The van der Waals surface area contributed by atoms with Crippen LogP contribution in [0.5, 0.6) is 0 Å². The highest BCUT2D eigenvalue weighted by Gasteiger charge is 2.41. The molecule has 1 aliphatic heterocycles. The maximum Gasteiger partial charge on any atom is 0.237 e. The van der Waals surface area contributed by atoms with Crippen molar-refractivity contribution in [1.82, 2.24) is 10.1 Å². The number of rotatable bonds is 5. The molecule has 1 aliphatic rings. The van der Waals surface area contributed by atoms with Gasteiger partial charge in [-0.15, -0.1) is 0 Å². The first-order chi connectivity index (χ1) is 11.1. The summed E-state index contributed by atoms with van der Waals surface area (Å²) >= 11 is 6.21. The van der Waals surface area contributed by atoms with Crippen LogP contribution in [0.25, 0.3) is 0 Å². The van der Waals surface area contributed by atoms with Crippen LogP contribution in [-0.2, 0) is 16.6 Å². The molecular formula is C18H23ClN2O2. The first-order valence-electron chi connectivity index (χ1n) is 8.27. The second-order valence-electron chi connectivity index (χ2n) is 6.65. The number of ether oxygens (including phenoxy) is 1. The predicted molar refractivity (Wildman–Crippen MR) is 89.7 cm³/mol. The van der Waals surface area contributed by atoms with E-state index >= 15 is 0 Å². The number of aryl methyl sites for hydroxylation is 1. The quantitative estimate of drug-likeness (QED) is 0.812. The van der Waals surface area contributed by atoms with Gasteiger partial charge in [0, 0.05) is 24.7 Å². The second kappa shape index (κ2) is 7.02. The van der Waals surface area contributed by atoms with Crippen LogP contribution in [0.1, 0.15) is 50.4 Å². The molecule has 2 heterocycles. The highest BCUT2D eigenvalue weighted by molar-refractivity contribution is 6.30. The maximum absolute atomic E-state index is 6.21. The third-order valence-corrected chi connectivity index (χ3v) is 4.78. The SMILES string of the molecule is CC(C)CCc1noc(C2(c3cccc(Cl)c3)CCOCC2)n1. The molecule has 5 heteroatoms. The molecule has 1 aromatic carbocycles. The maximum atomic E-state index is 6.21. The molecule has 0 aliphatic carbocycles. The Bertz CT molecular complexity index is 648. The van der Waals surface area contributed by atoms with Crippen molar-refractivity contribution in [3.05, 3.63) is 46.6 Å². The fraction of sp³-hybridized carbons (Fsp3) is 0.556. The molecule has 0 amide bonds. The van der Waals surface area contributed by atoms with Gasteiger partial charge in [0.2, 0.25) is 5.89 Å². The van der Waals surface area contributed by atoms with Crippen molar-refractivity contribution in [2.45, 2.75) is 44.9 Å². The first-order valence-corrected chi connectivity index (χ1v) is 8.65. The number of hydrogen-bond donors (Lipinski definition) is 0. The number of hydrogen-bond acceptors (Lipinski definition) is 4. The normalized spacial score (nSPS) is 17.6. The van der Waals surface area contributed by atoms with E-state index in [-0.39, 0.29) is 5.41 Å². The Kier molecular flexibility index (Phi) is 5.02. The number of halogens is 1. The van der Waals surface area contributed by atoms with Crippen LogP contribution >= 0.6 is 11.6 Å². The molecule has 0 atom stereocenters. The lowest BCUT2D eigenvalue weighted by molar-refractivity contribution is 0.0523. The number of aromatic nitrogens is 2. The van der Waals surface area contributed by atoms with Crippen LogP contribution in [0.3, 0.4) is 0 Å². The fourth-order valence-corrected chi connectivity index (χ4v) is 3.29. The van der Waals surface area contributed by atoms with Gasteiger partial charge in [-0.3, -0.25) is 0 Å². The zero-order chi connectivity index (χ0) is 16.3. The summed E-state index contributed by atoms with van der Waals surface area (Å²) in [5.74, 6) is 2.12. The van der Waals surface area contributed by atoms with Crippen LogP contribution in [0.2, 0.25) is 5.02 Å². The largest absolute Gasteiger partial charge is 0.381 e. The summed E-state index contributed by atoms with van der Waals surface area (Å²) in [4.78, 5) is 4.71. The van der Waals surface area contributed by atoms with Crippen molar-refractivity contribution in [2.24, 2.45) is 5.92 Å². The van der Waals surface area contributed by atoms with Crippen LogP contribution in [0.15, 0.2) is 28.8 Å². The van der Waals surface area contributed by atoms with Crippen LogP contribution in [-0.4, -0.2) is 23.4 Å². The van der Waals surface area contributed by atoms with Gasteiger partial charge in [-0.1, -0.05) is 42.7 Å². The summed E-state index contributed by atoms with van der Waals surface area (Å²) in [6, 6.07) is 7.96. The van der Waals surface area contributed by atoms with E-state index in [0.29, 0.717) is 25.0 Å². The fourth-order valence-electron chi connectivity index (χ4n) is 3.10. The van der Waals surface area contributed by atoms with Gasteiger partial charge >= 0.3 is 0 Å². The second-order valence-corrected chi connectivity index (χ2v) is 7.09. The Hall–Kier alpha value is -1.39. The smallest absolute Gasteiger partial charge is 0.237 e. The standard InChI is InChI=1S/C18H23ClN2O2/c1-13(2)6-7-16-20-17(23-21-16)18(8-10-22-11-9-18)14-4-3-5-15(19)12-14/h3-5,12-13H,6-11H2,1-2H3. The lowest BCUT2D eigenvalue weighted by Gasteiger charge is -2.34. The Labute approximate surface area is 142 Å². The van der Waals surface area contributed by atoms with Gasteiger partial charge in [-0.05, 0) is 42.9 Å². The van der Waals surface area contributed by atoms with E-state index in [1.54, 1.807) is 0 Å². The van der Waals surface area contributed by atoms with Gasteiger partial charge in [0.05, 0.1) is 5.41 Å². The van der Waals surface area contributed by atoms with Gasteiger partial charge in [-0.2, -0.15) is 4.98 Å². The lowest BCUT2D eigenvalue weighted by atomic mass is 9.74. The minimum absolute atomic E-state index is 0.285. The monoisotopic (exact) mass is 334 g/mol. The van der Waals surface area contributed by atoms with Crippen molar-refractivity contribution in [1.29, 1.82) is 0 Å². The Morgan fingerprint density at radius 2 is 2.04 bits per heavy atom. The molecule has 23 heavy (non-hydrogen) atoms. The molecule has 0 unspecified atom stereocenters. The minimum atomic E-state index is -0.285. The summed E-state index contributed by atoms with van der Waals surface area (Å²) in [6.07, 6.45) is 3.58. The average molecular weight is 335 g/mol. The van der Waals surface area contributed by atoms with Crippen molar-refractivity contribution in [3.8, 4) is 0 Å². The zero-order valence-electron chi connectivity index (χ0n) is 13.7. The van der Waals surface area contributed by atoms with Gasteiger partial charge < -0.3 is 9.26 Å². The number of nitrogens with zero attached hydrogens (tertiary/aromatic N) is 2. The molecule has 4 nitrogen and oxygen atoms in total. The third-order valence-electron chi connectivity index (χ3n) is 4.55. The van der Waals surface area contributed by atoms with Crippen molar-refractivity contribution < 1.29 is 9.26 Å². The van der Waals surface area contributed by atoms with E-state index in [1.165, 1.54) is 0 Å². The third kappa shape index (κ3) is 3.59. The van der Waals surface area contributed by atoms with Gasteiger partial charge in [0.15, 0.2) is 5.82 Å². The van der Waals surface area contributed by atoms with Crippen molar-refractivity contribution in [3.63, 3.8) is 0 Å². The Balaban J connectivity index is 1.93. The lowest BCUT2D eigenvalue weighted by Crippen LogP contribution is -2.35. The first kappa shape index (κ1) is 16.5. The molecule has 0 N–H and O–H groups in total. The number of benzene rings is 1. The molecule has 2 aromatic rings. The molecule has 1 fully saturated rings. The summed E-state index contributed by atoms with van der Waals surface area (Å²) in [5.41, 5.74) is 0.846. The minimum Gasteiger partial charge on any atom is -0.381 e. The Morgan fingerprint density at radius 3 is 2.74 bits per heavy atom. The highest BCUT2D eigenvalue weighted by Crippen LogP contribution is 2.41. The molecule has 124 valence electrons. The topological polar surface area (TPSA) is 48.2 Å². The molecule has 0 spiro atoms. The van der Waals surface area contributed by atoms with Gasteiger partial charge in [-0.25, -0.2) is 0 Å². The zero-order valence-corrected chi connectivity index (χ0v) is 14.5. The van der Waals surface area contributed by atoms with Crippen LogP contribution in [0, 0.1) is 5.92 Å². The van der Waals surface area contributed by atoms with Crippen molar-refractivity contribution in [2.75, 3.05) is 13.2 Å². The molecule has 1 saturated heterocycles. The van der Waals surface area contributed by atoms with Gasteiger partial charge in [0.25, 0.3) is 0 Å². The molecule has 0 bridgehead atoms. The van der Waals surface area contributed by atoms with E-state index < -0.39 is 0 Å². The molecule has 3 rings (SSSR count). The van der Waals surface area contributed by atoms with E-state index in [4.69, 9.17) is 25.8 Å². The molecule has 0 radical (unpaired) electrons. The summed E-state index contributed by atoms with van der Waals surface area (Å²) in [6.45, 7) is 5.78. The molecular weight excluding hydrogens is 312 g/mol. The van der Waals surface area contributed by atoms with E-state index in [2.05, 4.69) is 25.1 Å². The van der Waals surface area contributed by atoms with E-state index in [1.807, 2.05) is 18.2 Å². The van der Waals surface area contributed by atoms with Crippen LogP contribution < -0.4 is 0 Å². The highest BCUT2D eigenvalue weighted by atomic mass is 35.5. The Morgan fingerprint density at radius 1 is 1.26 bits per heavy atom. The summed E-state index contributed by atoms with van der Waals surface area (Å²) in [7, 11) is 0. The van der Waals surface area contributed by atoms with Crippen LogP contribution in [0.4, 0.5) is 0 Å². The van der Waals surface area contributed by atoms with E-state index in [0.717, 1.165) is 42.1 Å². The molecule has 1 aromatic heterocycles. The van der Waals surface area contributed by atoms with E-state index in [9.17, 15) is 0 Å². The average Bonchev–Trinajstić information content (AvgIpc) is 3.03. The van der Waals surface area contributed by atoms with Crippen molar-refractivity contribution >= 4 is 11.6 Å². The summed E-state index contributed by atoms with van der Waals surface area (Å²) in [5, 5.41) is 4.93. The molecule has 0 saturated carbocycles. The predicted octanol–water partition coefficient (Wildman–Crippen LogP) is 4.41. The summed E-state index contributed by atoms with van der Waals surface area (Å²) < 4.78 is 11.2. The van der Waals surface area contributed by atoms with Gasteiger partial charge in [0.1, 0.15) is 0 Å².